The van der Waals surface area contributed by atoms with Gasteiger partial charge in [0.05, 0.1) is 5.69 Å². The molecule has 100 valence electrons. The van der Waals surface area contributed by atoms with E-state index in [4.69, 9.17) is 5.73 Å². The highest BCUT2D eigenvalue weighted by Gasteiger charge is 2.04. The quantitative estimate of drug-likeness (QED) is 0.894. The van der Waals surface area contributed by atoms with Crippen molar-refractivity contribution in [2.24, 2.45) is 5.73 Å². The Kier molecular flexibility index (Phi) is 4.41. The fourth-order valence-electron chi connectivity index (χ4n) is 1.75. The van der Waals surface area contributed by atoms with Crippen LogP contribution in [0.3, 0.4) is 0 Å². The van der Waals surface area contributed by atoms with Crippen molar-refractivity contribution in [2.45, 2.75) is 6.42 Å². The van der Waals surface area contributed by atoms with Gasteiger partial charge in [-0.3, -0.25) is 0 Å². The zero-order chi connectivity index (χ0) is 13.7. The molecule has 5 heteroatoms. The molecule has 0 aliphatic heterocycles. The van der Waals surface area contributed by atoms with E-state index < -0.39 is 0 Å². The molecule has 0 spiro atoms. The van der Waals surface area contributed by atoms with E-state index in [1.165, 1.54) is 12.1 Å². The second kappa shape index (κ2) is 6.24. The number of nitrogens with zero attached hydrogens (tertiary/aromatic N) is 3. The average molecular weight is 260 g/mol. The molecule has 2 N–H and O–H groups in total. The third kappa shape index (κ3) is 3.48. The second-order valence-electron chi connectivity index (χ2n) is 4.35. The first kappa shape index (κ1) is 13.4. The van der Waals surface area contributed by atoms with Crippen LogP contribution in [-0.2, 0) is 0 Å². The molecule has 2 rings (SSSR count). The monoisotopic (exact) mass is 260 g/mol. The average Bonchev–Trinajstić information content (AvgIpc) is 2.46. The van der Waals surface area contributed by atoms with Crippen LogP contribution in [0.1, 0.15) is 6.42 Å². The summed E-state index contributed by atoms with van der Waals surface area (Å²) < 4.78 is 12.8. The van der Waals surface area contributed by atoms with Crippen molar-refractivity contribution in [1.29, 1.82) is 0 Å². The lowest BCUT2D eigenvalue weighted by Crippen LogP contribution is -2.22. The molecule has 0 saturated carbocycles. The van der Waals surface area contributed by atoms with Crippen molar-refractivity contribution < 1.29 is 4.39 Å². The molecule has 1 aromatic carbocycles. The van der Waals surface area contributed by atoms with E-state index in [2.05, 4.69) is 10.2 Å². The SMILES string of the molecule is CN(CCCN)c1ccc(-c2ccc(F)cc2)nn1. The van der Waals surface area contributed by atoms with Crippen LogP contribution in [0.5, 0.6) is 0 Å². The third-order valence-electron chi connectivity index (χ3n) is 2.88. The molecule has 0 fully saturated rings. The molecule has 0 aliphatic carbocycles. The van der Waals surface area contributed by atoms with E-state index in [1.807, 2.05) is 24.1 Å². The van der Waals surface area contributed by atoms with Gasteiger partial charge in [0, 0.05) is 19.2 Å². The van der Waals surface area contributed by atoms with E-state index in [0.29, 0.717) is 6.54 Å². The molecule has 0 amide bonds. The Morgan fingerprint density at radius 2 is 1.84 bits per heavy atom. The minimum atomic E-state index is -0.255. The van der Waals surface area contributed by atoms with Crippen LogP contribution in [0.15, 0.2) is 36.4 Å². The van der Waals surface area contributed by atoms with Crippen LogP contribution in [0.4, 0.5) is 10.2 Å². The summed E-state index contributed by atoms with van der Waals surface area (Å²) in [5.41, 5.74) is 7.06. The maximum absolute atomic E-state index is 12.8. The molecule has 0 bridgehead atoms. The molecule has 1 aromatic heterocycles. The summed E-state index contributed by atoms with van der Waals surface area (Å²) in [5, 5.41) is 8.33. The van der Waals surface area contributed by atoms with E-state index in [1.54, 1.807) is 12.1 Å². The van der Waals surface area contributed by atoms with Gasteiger partial charge in [-0.15, -0.1) is 10.2 Å². The largest absolute Gasteiger partial charge is 0.358 e. The highest BCUT2D eigenvalue weighted by molar-refractivity contribution is 5.59. The van der Waals surface area contributed by atoms with Crippen molar-refractivity contribution in [3.05, 3.63) is 42.2 Å². The molecule has 0 radical (unpaired) electrons. The number of hydrogen-bond acceptors (Lipinski definition) is 4. The van der Waals surface area contributed by atoms with Crippen LogP contribution in [0, 0.1) is 5.82 Å². The smallest absolute Gasteiger partial charge is 0.151 e. The molecular weight excluding hydrogens is 243 g/mol. The first-order valence-electron chi connectivity index (χ1n) is 6.21. The Balaban J connectivity index is 2.11. The molecule has 0 atom stereocenters. The van der Waals surface area contributed by atoms with Gasteiger partial charge in [-0.25, -0.2) is 4.39 Å². The number of nitrogens with two attached hydrogens (primary N) is 1. The fourth-order valence-corrected chi connectivity index (χ4v) is 1.75. The van der Waals surface area contributed by atoms with Gasteiger partial charge in [0.2, 0.25) is 0 Å². The first-order valence-corrected chi connectivity index (χ1v) is 6.21. The molecule has 0 unspecified atom stereocenters. The first-order chi connectivity index (χ1) is 9.20. The van der Waals surface area contributed by atoms with Crippen LogP contribution in [-0.4, -0.2) is 30.3 Å². The van der Waals surface area contributed by atoms with E-state index in [-0.39, 0.29) is 5.82 Å². The lowest BCUT2D eigenvalue weighted by atomic mass is 10.1. The summed E-state index contributed by atoms with van der Waals surface area (Å²) >= 11 is 0. The number of halogens is 1. The number of benzene rings is 1. The van der Waals surface area contributed by atoms with Gasteiger partial charge >= 0.3 is 0 Å². The van der Waals surface area contributed by atoms with Crippen molar-refractivity contribution in [2.75, 3.05) is 25.0 Å². The maximum atomic E-state index is 12.8. The fraction of sp³-hybridized carbons (Fsp3) is 0.286. The van der Waals surface area contributed by atoms with E-state index in [9.17, 15) is 4.39 Å². The van der Waals surface area contributed by atoms with E-state index >= 15 is 0 Å². The number of aromatic nitrogens is 2. The van der Waals surface area contributed by atoms with Crippen molar-refractivity contribution in [1.82, 2.24) is 10.2 Å². The Morgan fingerprint density at radius 3 is 2.42 bits per heavy atom. The van der Waals surface area contributed by atoms with Gasteiger partial charge in [0.25, 0.3) is 0 Å². The van der Waals surface area contributed by atoms with Gasteiger partial charge in [0.1, 0.15) is 5.82 Å². The Hall–Kier alpha value is -2.01. The number of anilines is 1. The van der Waals surface area contributed by atoms with Crippen molar-refractivity contribution >= 4 is 5.82 Å². The molecule has 0 aliphatic rings. The Morgan fingerprint density at radius 1 is 1.11 bits per heavy atom. The highest BCUT2D eigenvalue weighted by atomic mass is 19.1. The minimum absolute atomic E-state index is 0.255. The van der Waals surface area contributed by atoms with Gasteiger partial charge < -0.3 is 10.6 Å². The topological polar surface area (TPSA) is 55.0 Å². The summed E-state index contributed by atoms with van der Waals surface area (Å²) in [6.45, 7) is 1.51. The van der Waals surface area contributed by atoms with Crippen LogP contribution in [0.25, 0.3) is 11.3 Å². The predicted molar refractivity (Wildman–Crippen MR) is 74.4 cm³/mol. The summed E-state index contributed by atoms with van der Waals surface area (Å²) in [6, 6.07) is 10.0. The molecular formula is C14H17FN4. The predicted octanol–water partition coefficient (Wildman–Crippen LogP) is 2.07. The molecule has 0 saturated heterocycles. The molecule has 1 heterocycles. The van der Waals surface area contributed by atoms with Gasteiger partial charge in [-0.05, 0) is 49.4 Å². The minimum Gasteiger partial charge on any atom is -0.358 e. The summed E-state index contributed by atoms with van der Waals surface area (Å²) in [6.07, 6.45) is 0.915. The van der Waals surface area contributed by atoms with Gasteiger partial charge in [-0.1, -0.05) is 0 Å². The Labute approximate surface area is 112 Å². The maximum Gasteiger partial charge on any atom is 0.151 e. The lowest BCUT2D eigenvalue weighted by Gasteiger charge is -2.16. The van der Waals surface area contributed by atoms with Crippen molar-refractivity contribution in [3.63, 3.8) is 0 Å². The summed E-state index contributed by atoms with van der Waals surface area (Å²) in [4.78, 5) is 2.01. The van der Waals surface area contributed by atoms with Gasteiger partial charge in [-0.2, -0.15) is 0 Å². The van der Waals surface area contributed by atoms with Crippen molar-refractivity contribution in [3.8, 4) is 11.3 Å². The Bertz CT molecular complexity index is 510. The summed E-state index contributed by atoms with van der Waals surface area (Å²) in [5.74, 6) is 0.550. The standard InChI is InChI=1S/C14H17FN4/c1-19(10-2-9-16)14-8-7-13(17-18-14)11-3-5-12(15)6-4-11/h3-8H,2,9-10,16H2,1H3. The van der Waals surface area contributed by atoms with Crippen LogP contribution < -0.4 is 10.6 Å². The zero-order valence-electron chi connectivity index (χ0n) is 10.9. The highest BCUT2D eigenvalue weighted by Crippen LogP contribution is 2.18. The van der Waals surface area contributed by atoms with E-state index in [0.717, 1.165) is 30.0 Å². The van der Waals surface area contributed by atoms with Gasteiger partial charge in [0.15, 0.2) is 5.82 Å². The lowest BCUT2D eigenvalue weighted by molar-refractivity contribution is 0.628. The van der Waals surface area contributed by atoms with Crippen LogP contribution >= 0.6 is 0 Å². The normalized spacial score (nSPS) is 10.5. The number of hydrogen-bond donors (Lipinski definition) is 1. The molecule has 19 heavy (non-hydrogen) atoms. The second-order valence-corrected chi connectivity index (χ2v) is 4.35. The number of rotatable bonds is 5. The summed E-state index contributed by atoms with van der Waals surface area (Å²) in [7, 11) is 1.96. The van der Waals surface area contributed by atoms with Crippen LogP contribution in [0.2, 0.25) is 0 Å². The zero-order valence-corrected chi connectivity index (χ0v) is 10.9. The molecule has 4 nitrogen and oxygen atoms in total. The molecule has 2 aromatic rings. The third-order valence-corrected chi connectivity index (χ3v) is 2.88.